The molecule has 0 saturated heterocycles. The first-order chi connectivity index (χ1) is 27.8. The van der Waals surface area contributed by atoms with Crippen LogP contribution in [-0.4, -0.2) is 41.0 Å². The number of carbonyl (C=O) groups is 2. The largest absolute Gasteiger partial charge is 0.469 e. The van der Waals surface area contributed by atoms with Crippen molar-refractivity contribution in [3.8, 4) is 0 Å². The fourth-order valence-corrected chi connectivity index (χ4v) is 7.21. The van der Waals surface area contributed by atoms with Gasteiger partial charge in [0.15, 0.2) is 6.10 Å². The third-order valence-electron chi connectivity index (χ3n) is 10.4. The molecule has 0 aromatic carbocycles. The molecular formula is C48H89O8P. The van der Waals surface area contributed by atoms with Gasteiger partial charge in [0, 0.05) is 12.8 Å². The van der Waals surface area contributed by atoms with Crippen molar-refractivity contribution in [1.82, 2.24) is 0 Å². The SMILES string of the molecule is CCCCC/C=C/C/C=C/C/C=C/CCCCCCC(=O)O[C@H](COC(=O)CCCCCCCCCCCCCCCCCCCCCCCC)COP(=O)(O)O. The predicted molar refractivity (Wildman–Crippen MR) is 239 cm³/mol. The van der Waals surface area contributed by atoms with Gasteiger partial charge in [0.1, 0.15) is 6.61 Å². The number of rotatable bonds is 44. The Labute approximate surface area is 351 Å². The molecule has 0 heterocycles. The minimum atomic E-state index is -4.76. The van der Waals surface area contributed by atoms with E-state index in [4.69, 9.17) is 19.3 Å². The normalized spacial score (nSPS) is 12.7. The summed E-state index contributed by atoms with van der Waals surface area (Å²) >= 11 is 0. The number of ether oxygens (including phenoxy) is 2. The van der Waals surface area contributed by atoms with Crippen LogP contribution >= 0.6 is 7.82 Å². The summed E-state index contributed by atoms with van der Waals surface area (Å²) in [6, 6.07) is 0. The van der Waals surface area contributed by atoms with Gasteiger partial charge in [-0.3, -0.25) is 14.1 Å². The van der Waals surface area contributed by atoms with E-state index in [0.29, 0.717) is 6.42 Å². The summed E-state index contributed by atoms with van der Waals surface area (Å²) in [4.78, 5) is 43.0. The zero-order valence-corrected chi connectivity index (χ0v) is 37.9. The average Bonchev–Trinajstić information content (AvgIpc) is 3.18. The van der Waals surface area contributed by atoms with E-state index in [-0.39, 0.29) is 19.4 Å². The van der Waals surface area contributed by atoms with Gasteiger partial charge >= 0.3 is 19.8 Å². The highest BCUT2D eigenvalue weighted by Crippen LogP contribution is 2.36. The maximum Gasteiger partial charge on any atom is 0.469 e. The van der Waals surface area contributed by atoms with E-state index in [1.807, 2.05) is 0 Å². The monoisotopic (exact) mass is 825 g/mol. The lowest BCUT2D eigenvalue weighted by molar-refractivity contribution is -0.161. The van der Waals surface area contributed by atoms with Crippen LogP contribution in [-0.2, 0) is 28.2 Å². The Morgan fingerprint density at radius 2 is 0.789 bits per heavy atom. The maximum absolute atomic E-state index is 12.4. The number of phosphoric ester groups is 1. The van der Waals surface area contributed by atoms with Crippen LogP contribution in [0.5, 0.6) is 0 Å². The van der Waals surface area contributed by atoms with Crippen LogP contribution in [0.1, 0.15) is 239 Å². The Bertz CT molecular complexity index is 1020. The van der Waals surface area contributed by atoms with Crippen molar-refractivity contribution in [2.24, 2.45) is 0 Å². The number of hydrogen-bond acceptors (Lipinski definition) is 6. The lowest BCUT2D eigenvalue weighted by Gasteiger charge is -2.18. The van der Waals surface area contributed by atoms with E-state index < -0.39 is 32.5 Å². The summed E-state index contributed by atoms with van der Waals surface area (Å²) in [5.74, 6) is -0.900. The van der Waals surface area contributed by atoms with Gasteiger partial charge in [-0.2, -0.15) is 0 Å². The molecule has 0 aromatic rings. The Hall–Kier alpha value is -1.73. The van der Waals surface area contributed by atoms with Gasteiger partial charge in [-0.15, -0.1) is 0 Å². The van der Waals surface area contributed by atoms with Crippen molar-refractivity contribution < 1.29 is 37.9 Å². The van der Waals surface area contributed by atoms with E-state index >= 15 is 0 Å². The molecule has 0 rings (SSSR count). The fourth-order valence-electron chi connectivity index (χ4n) is 6.85. The third-order valence-corrected chi connectivity index (χ3v) is 10.9. The molecule has 0 unspecified atom stereocenters. The average molecular weight is 825 g/mol. The second kappa shape index (κ2) is 43.8. The Morgan fingerprint density at radius 1 is 0.456 bits per heavy atom. The molecular weight excluding hydrogens is 735 g/mol. The topological polar surface area (TPSA) is 119 Å². The van der Waals surface area contributed by atoms with Crippen molar-refractivity contribution in [2.75, 3.05) is 13.2 Å². The number of allylic oxidation sites excluding steroid dienone is 6. The molecule has 0 aliphatic rings. The van der Waals surface area contributed by atoms with Gasteiger partial charge < -0.3 is 19.3 Å². The highest BCUT2D eigenvalue weighted by Gasteiger charge is 2.23. The second-order valence-corrected chi connectivity index (χ2v) is 17.3. The number of phosphoric acid groups is 1. The first-order valence-electron chi connectivity index (χ1n) is 23.8. The van der Waals surface area contributed by atoms with Crippen molar-refractivity contribution in [1.29, 1.82) is 0 Å². The van der Waals surface area contributed by atoms with Crippen LogP contribution < -0.4 is 0 Å². The summed E-state index contributed by atoms with van der Waals surface area (Å²) in [5, 5.41) is 0. The van der Waals surface area contributed by atoms with Crippen LogP contribution in [0.4, 0.5) is 0 Å². The van der Waals surface area contributed by atoms with Crippen molar-refractivity contribution in [2.45, 2.75) is 245 Å². The van der Waals surface area contributed by atoms with E-state index in [2.05, 4.69) is 54.8 Å². The molecule has 0 amide bonds. The highest BCUT2D eigenvalue weighted by atomic mass is 31.2. The van der Waals surface area contributed by atoms with Crippen LogP contribution in [0.15, 0.2) is 36.5 Å². The van der Waals surface area contributed by atoms with Crippen LogP contribution in [0, 0.1) is 0 Å². The van der Waals surface area contributed by atoms with Crippen molar-refractivity contribution in [3.63, 3.8) is 0 Å². The Kier molecular flexibility index (Phi) is 42.5. The smallest absolute Gasteiger partial charge is 0.462 e. The van der Waals surface area contributed by atoms with E-state index in [0.717, 1.165) is 57.8 Å². The summed E-state index contributed by atoms with van der Waals surface area (Å²) in [5.41, 5.74) is 0. The summed E-state index contributed by atoms with van der Waals surface area (Å²) < 4.78 is 26.5. The number of esters is 2. The molecule has 334 valence electrons. The molecule has 1 atom stereocenters. The molecule has 2 N–H and O–H groups in total. The fraction of sp³-hybridized carbons (Fsp3) is 0.833. The van der Waals surface area contributed by atoms with Gasteiger partial charge in [0.05, 0.1) is 6.61 Å². The molecule has 0 aliphatic carbocycles. The van der Waals surface area contributed by atoms with Crippen LogP contribution in [0.2, 0.25) is 0 Å². The first-order valence-corrected chi connectivity index (χ1v) is 25.3. The lowest BCUT2D eigenvalue weighted by Crippen LogP contribution is -2.29. The third kappa shape index (κ3) is 46.8. The number of hydrogen-bond donors (Lipinski definition) is 2. The highest BCUT2D eigenvalue weighted by molar-refractivity contribution is 7.46. The Balaban J connectivity index is 3.84. The minimum absolute atomic E-state index is 0.188. The number of carbonyl (C=O) groups excluding carboxylic acids is 2. The molecule has 0 bridgehead atoms. The van der Waals surface area contributed by atoms with Gasteiger partial charge in [0.2, 0.25) is 0 Å². The van der Waals surface area contributed by atoms with Crippen molar-refractivity contribution >= 4 is 19.8 Å². The zero-order chi connectivity index (χ0) is 41.8. The zero-order valence-electron chi connectivity index (χ0n) is 37.0. The minimum Gasteiger partial charge on any atom is -0.462 e. The summed E-state index contributed by atoms with van der Waals surface area (Å²) in [6.45, 7) is 3.67. The molecule has 0 radical (unpaired) electrons. The molecule has 0 fully saturated rings. The maximum atomic E-state index is 12.4. The van der Waals surface area contributed by atoms with Gasteiger partial charge in [-0.25, -0.2) is 4.57 Å². The molecule has 57 heavy (non-hydrogen) atoms. The molecule has 9 heteroatoms. The molecule has 0 aromatic heterocycles. The first kappa shape index (κ1) is 55.3. The summed E-state index contributed by atoms with van der Waals surface area (Å²) in [7, 11) is -4.76. The molecule has 0 spiro atoms. The quantitative estimate of drug-likeness (QED) is 0.0270. The standard InChI is InChI=1S/C48H89O8P/c1-3-5-7-9-11-13-15-17-19-21-22-23-24-25-27-28-30-32-34-36-38-40-42-47(49)54-44-46(45-55-57(51,52)53)56-48(50)43-41-39-37-35-33-31-29-26-20-18-16-14-12-10-8-6-4-2/h12,14,18,20,29,31,46H,3-11,13,15-17,19,21-28,30,32-45H2,1-2H3,(H2,51,52,53)/b14-12+,20-18+,31-29+/t46-/m1/s1. The molecule has 8 nitrogen and oxygen atoms in total. The molecule has 0 aliphatic heterocycles. The van der Waals surface area contributed by atoms with E-state index in [1.54, 1.807) is 0 Å². The number of unbranched alkanes of at least 4 members (excludes halogenated alkanes) is 28. The van der Waals surface area contributed by atoms with Crippen LogP contribution in [0.25, 0.3) is 0 Å². The van der Waals surface area contributed by atoms with E-state index in [1.165, 1.54) is 148 Å². The van der Waals surface area contributed by atoms with Crippen molar-refractivity contribution in [3.05, 3.63) is 36.5 Å². The second-order valence-electron chi connectivity index (χ2n) is 16.1. The van der Waals surface area contributed by atoms with Gasteiger partial charge in [-0.1, -0.05) is 211 Å². The summed E-state index contributed by atoms with van der Waals surface area (Å²) in [6.07, 6.45) is 53.0. The molecule has 0 saturated carbocycles. The Morgan fingerprint density at radius 3 is 1.21 bits per heavy atom. The lowest BCUT2D eigenvalue weighted by atomic mass is 10.0. The predicted octanol–water partition coefficient (Wildman–Crippen LogP) is 14.9. The van der Waals surface area contributed by atoms with Crippen LogP contribution in [0.3, 0.4) is 0 Å². The van der Waals surface area contributed by atoms with Gasteiger partial charge in [0.25, 0.3) is 0 Å². The van der Waals surface area contributed by atoms with Gasteiger partial charge in [-0.05, 0) is 51.4 Å². The van der Waals surface area contributed by atoms with E-state index in [9.17, 15) is 14.2 Å².